The highest BCUT2D eigenvalue weighted by molar-refractivity contribution is 8.15. The van der Waals surface area contributed by atoms with E-state index in [0.717, 1.165) is 21.9 Å². The van der Waals surface area contributed by atoms with Crippen LogP contribution in [0.5, 0.6) is 0 Å². The van der Waals surface area contributed by atoms with Crippen LogP contribution in [0.15, 0.2) is 76.9 Å². The molecule has 1 heterocycles. The lowest BCUT2D eigenvalue weighted by molar-refractivity contribution is -0.126. The molecule has 4 rings (SSSR count). The molecule has 0 aliphatic carbocycles. The summed E-state index contributed by atoms with van der Waals surface area (Å²) in [5.41, 5.74) is 1.99. The third-order valence-corrected chi connectivity index (χ3v) is 5.88. The number of hydrogen-bond acceptors (Lipinski definition) is 4. The second kappa shape index (κ2) is 8.17. The zero-order valence-electron chi connectivity index (χ0n) is 15.2. The molecule has 4 nitrogen and oxygen atoms in total. The molecule has 3 aromatic rings. The van der Waals surface area contributed by atoms with Gasteiger partial charge < -0.3 is 0 Å². The third-order valence-electron chi connectivity index (χ3n) is 4.56. The molecule has 1 unspecified atom stereocenters. The van der Waals surface area contributed by atoms with E-state index in [9.17, 15) is 4.79 Å². The molecule has 1 amide bonds. The number of benzene rings is 3. The topological polar surface area (TPSA) is 45.0 Å². The number of halogens is 1. The van der Waals surface area contributed by atoms with Crippen molar-refractivity contribution in [1.82, 2.24) is 4.90 Å². The molecule has 140 valence electrons. The molecule has 1 atom stereocenters. The third kappa shape index (κ3) is 3.96. The number of rotatable bonds is 4. The quantitative estimate of drug-likeness (QED) is 0.432. The SMILES string of the molecule is CC1SC(=NN=Cc2ccc(Cl)cc2)N(Cc2cccc3ccccc23)C1=O. The van der Waals surface area contributed by atoms with Crippen LogP contribution in [0.4, 0.5) is 0 Å². The Bertz CT molecular complexity index is 1070. The van der Waals surface area contributed by atoms with E-state index < -0.39 is 0 Å². The molecular weight excluding hydrogens is 390 g/mol. The summed E-state index contributed by atoms with van der Waals surface area (Å²) in [5.74, 6) is 0.0541. The summed E-state index contributed by atoms with van der Waals surface area (Å²) >= 11 is 7.33. The fourth-order valence-corrected chi connectivity index (χ4v) is 4.15. The minimum absolute atomic E-state index is 0.0541. The van der Waals surface area contributed by atoms with Crippen LogP contribution in [0.2, 0.25) is 5.02 Å². The highest BCUT2D eigenvalue weighted by Crippen LogP contribution is 2.30. The van der Waals surface area contributed by atoms with Gasteiger partial charge in [0.05, 0.1) is 18.0 Å². The second-order valence-electron chi connectivity index (χ2n) is 6.50. The van der Waals surface area contributed by atoms with Gasteiger partial charge in [0.25, 0.3) is 0 Å². The molecule has 1 aliphatic heterocycles. The molecule has 0 N–H and O–H groups in total. The van der Waals surface area contributed by atoms with Gasteiger partial charge in [0.1, 0.15) is 0 Å². The van der Waals surface area contributed by atoms with E-state index >= 15 is 0 Å². The minimum Gasteiger partial charge on any atom is -0.284 e. The van der Waals surface area contributed by atoms with Crippen LogP contribution in [-0.4, -0.2) is 27.4 Å². The van der Waals surface area contributed by atoms with E-state index in [1.807, 2.05) is 37.3 Å². The lowest BCUT2D eigenvalue weighted by atomic mass is 10.0. The maximum absolute atomic E-state index is 12.7. The van der Waals surface area contributed by atoms with Gasteiger partial charge in [0, 0.05) is 5.02 Å². The summed E-state index contributed by atoms with van der Waals surface area (Å²) < 4.78 is 0. The van der Waals surface area contributed by atoms with Crippen molar-refractivity contribution in [3.8, 4) is 0 Å². The Balaban J connectivity index is 1.60. The highest BCUT2D eigenvalue weighted by Gasteiger charge is 2.35. The van der Waals surface area contributed by atoms with Crippen molar-refractivity contribution in [3.63, 3.8) is 0 Å². The zero-order valence-corrected chi connectivity index (χ0v) is 16.8. The Morgan fingerprint density at radius 2 is 1.82 bits per heavy atom. The van der Waals surface area contributed by atoms with E-state index in [2.05, 4.69) is 34.5 Å². The number of amides is 1. The van der Waals surface area contributed by atoms with Crippen molar-refractivity contribution in [2.45, 2.75) is 18.7 Å². The summed E-state index contributed by atoms with van der Waals surface area (Å²) in [5, 5.41) is 11.9. The maximum atomic E-state index is 12.7. The van der Waals surface area contributed by atoms with E-state index in [1.54, 1.807) is 23.2 Å². The Morgan fingerprint density at radius 1 is 1.07 bits per heavy atom. The molecule has 6 heteroatoms. The second-order valence-corrected chi connectivity index (χ2v) is 8.25. The van der Waals surface area contributed by atoms with E-state index in [-0.39, 0.29) is 11.2 Å². The molecule has 3 aromatic carbocycles. The first-order chi connectivity index (χ1) is 13.6. The first-order valence-corrected chi connectivity index (χ1v) is 10.2. The van der Waals surface area contributed by atoms with Crippen LogP contribution < -0.4 is 0 Å². The van der Waals surface area contributed by atoms with Crippen molar-refractivity contribution in [2.24, 2.45) is 10.2 Å². The van der Waals surface area contributed by atoms with Gasteiger partial charge in [-0.05, 0) is 41.0 Å². The molecule has 0 saturated carbocycles. The molecule has 0 bridgehead atoms. The van der Waals surface area contributed by atoms with Crippen LogP contribution in [0, 0.1) is 0 Å². The number of amidine groups is 1. The average Bonchev–Trinajstić information content (AvgIpc) is 2.97. The number of fused-ring (bicyclic) bond motifs is 1. The molecule has 28 heavy (non-hydrogen) atoms. The van der Waals surface area contributed by atoms with Gasteiger partial charge in [-0.3, -0.25) is 9.69 Å². The number of hydrogen-bond donors (Lipinski definition) is 0. The van der Waals surface area contributed by atoms with Gasteiger partial charge >= 0.3 is 0 Å². The van der Waals surface area contributed by atoms with E-state index in [4.69, 9.17) is 11.6 Å². The Labute approximate surface area is 172 Å². The van der Waals surface area contributed by atoms with E-state index in [1.165, 1.54) is 11.8 Å². The monoisotopic (exact) mass is 407 g/mol. The Hall–Kier alpha value is -2.63. The predicted octanol–water partition coefficient (Wildman–Crippen LogP) is 5.35. The van der Waals surface area contributed by atoms with E-state index in [0.29, 0.717) is 16.7 Å². The molecular formula is C22H18ClN3OS. The van der Waals surface area contributed by atoms with Crippen molar-refractivity contribution in [1.29, 1.82) is 0 Å². The molecule has 0 aromatic heterocycles. The lowest BCUT2D eigenvalue weighted by Crippen LogP contribution is -2.30. The number of nitrogens with zero attached hydrogens (tertiary/aromatic N) is 3. The normalized spacial score (nSPS) is 18.6. The van der Waals surface area contributed by atoms with Crippen LogP contribution in [0.25, 0.3) is 10.8 Å². The fraction of sp³-hybridized carbons (Fsp3) is 0.136. The largest absolute Gasteiger partial charge is 0.284 e. The molecule has 0 radical (unpaired) electrons. The van der Waals surface area contributed by atoms with Crippen molar-refractivity contribution in [2.75, 3.05) is 0 Å². The summed E-state index contributed by atoms with van der Waals surface area (Å²) in [6.45, 7) is 2.38. The van der Waals surface area contributed by atoms with Crippen molar-refractivity contribution < 1.29 is 4.79 Å². The molecule has 1 saturated heterocycles. The van der Waals surface area contributed by atoms with Gasteiger partial charge in [-0.25, -0.2) is 0 Å². The van der Waals surface area contributed by atoms with Crippen LogP contribution in [-0.2, 0) is 11.3 Å². The lowest BCUT2D eigenvalue weighted by Gasteiger charge is -2.17. The summed E-state index contributed by atoms with van der Waals surface area (Å²) in [7, 11) is 0. The van der Waals surface area contributed by atoms with Gasteiger partial charge in [0.2, 0.25) is 5.91 Å². The smallest absolute Gasteiger partial charge is 0.242 e. The van der Waals surface area contributed by atoms with Gasteiger partial charge in [-0.2, -0.15) is 5.10 Å². The number of thioether (sulfide) groups is 1. The highest BCUT2D eigenvalue weighted by atomic mass is 35.5. The zero-order chi connectivity index (χ0) is 19.5. The van der Waals surface area contributed by atoms with Crippen LogP contribution >= 0.6 is 23.4 Å². The fourth-order valence-electron chi connectivity index (χ4n) is 3.10. The Kier molecular flexibility index (Phi) is 5.46. The first-order valence-electron chi connectivity index (χ1n) is 8.93. The molecule has 0 spiro atoms. The van der Waals surface area contributed by atoms with Gasteiger partial charge in [-0.1, -0.05) is 78.0 Å². The Morgan fingerprint density at radius 3 is 2.64 bits per heavy atom. The predicted molar refractivity (Wildman–Crippen MR) is 118 cm³/mol. The van der Waals surface area contributed by atoms with Crippen molar-refractivity contribution >= 4 is 51.4 Å². The molecule has 1 fully saturated rings. The number of carbonyl (C=O) groups excluding carboxylic acids is 1. The minimum atomic E-state index is -0.167. The number of carbonyl (C=O) groups is 1. The van der Waals surface area contributed by atoms with Crippen molar-refractivity contribution in [3.05, 3.63) is 82.9 Å². The van der Waals surface area contributed by atoms with Gasteiger partial charge in [-0.15, -0.1) is 5.10 Å². The van der Waals surface area contributed by atoms with Gasteiger partial charge in [0.15, 0.2) is 5.17 Å². The van der Waals surface area contributed by atoms with Crippen LogP contribution in [0.1, 0.15) is 18.1 Å². The van der Waals surface area contributed by atoms with Crippen LogP contribution in [0.3, 0.4) is 0 Å². The first kappa shape index (κ1) is 18.7. The summed E-state index contributed by atoms with van der Waals surface area (Å²) in [6.07, 6.45) is 1.66. The standard InChI is InChI=1S/C22H18ClN3OS/c1-15-21(27)26(14-18-7-4-6-17-5-2-3-8-20(17)18)22(28-15)25-24-13-16-9-11-19(23)12-10-16/h2-13,15H,14H2,1H3. The molecule has 1 aliphatic rings. The maximum Gasteiger partial charge on any atom is 0.242 e. The summed E-state index contributed by atoms with van der Waals surface area (Å²) in [4.78, 5) is 14.4. The summed E-state index contributed by atoms with van der Waals surface area (Å²) in [6, 6.07) is 21.7. The average molecular weight is 408 g/mol.